The SMILES string of the molecule is CCC1=C(C(=O)Nc2ccccc2OC)C2C=CC1(C(Nc1ccccc1)c1ccc(CN3CCOCC3)cc1)O2. The van der Waals surface area contributed by atoms with Crippen molar-refractivity contribution >= 4 is 17.3 Å². The van der Waals surface area contributed by atoms with Crippen LogP contribution in [0.4, 0.5) is 11.4 Å². The molecule has 3 unspecified atom stereocenters. The molecular weight excluding hydrogens is 514 g/mol. The maximum atomic E-state index is 13.8. The van der Waals surface area contributed by atoms with Crippen molar-refractivity contribution in [2.45, 2.75) is 37.6 Å². The number of carbonyl (C=O) groups excluding carboxylic acids is 1. The monoisotopic (exact) mass is 551 g/mol. The van der Waals surface area contributed by atoms with Crippen LogP contribution < -0.4 is 15.4 Å². The topological polar surface area (TPSA) is 72.1 Å². The molecule has 3 aliphatic heterocycles. The van der Waals surface area contributed by atoms with E-state index in [0.29, 0.717) is 23.4 Å². The molecule has 3 heterocycles. The van der Waals surface area contributed by atoms with Gasteiger partial charge in [-0.2, -0.15) is 0 Å². The van der Waals surface area contributed by atoms with Crippen molar-refractivity contribution in [3.8, 4) is 5.75 Å². The standard InChI is InChI=1S/C34H37N3O4/c1-3-27-31(33(38)36-28-11-7-8-12-29(28)39-2)30-17-18-34(27,41-30)32(35-26-9-5-4-6-10-26)25-15-13-24(14-16-25)23-37-19-21-40-22-20-37/h4-18,30,32,35H,3,19-23H2,1-2H3,(H,36,38). The molecule has 3 atom stereocenters. The summed E-state index contributed by atoms with van der Waals surface area (Å²) >= 11 is 0. The number of hydrogen-bond donors (Lipinski definition) is 2. The van der Waals surface area contributed by atoms with E-state index in [4.69, 9.17) is 14.2 Å². The molecule has 41 heavy (non-hydrogen) atoms. The van der Waals surface area contributed by atoms with Gasteiger partial charge in [-0.25, -0.2) is 0 Å². The first-order valence-corrected chi connectivity index (χ1v) is 14.4. The Hall–Kier alpha value is -3.91. The number of hydrogen-bond acceptors (Lipinski definition) is 6. The average molecular weight is 552 g/mol. The normalized spacial score (nSPS) is 22.5. The molecule has 6 rings (SSSR count). The molecule has 7 nitrogen and oxygen atoms in total. The van der Waals surface area contributed by atoms with Crippen molar-refractivity contribution in [3.63, 3.8) is 0 Å². The zero-order chi connectivity index (χ0) is 28.2. The molecule has 3 aromatic carbocycles. The summed E-state index contributed by atoms with van der Waals surface area (Å²) in [4.78, 5) is 16.2. The third kappa shape index (κ3) is 5.40. The fourth-order valence-corrected chi connectivity index (χ4v) is 6.21. The lowest BCUT2D eigenvalue weighted by Gasteiger charge is -2.37. The number of carbonyl (C=O) groups is 1. The van der Waals surface area contributed by atoms with E-state index in [1.54, 1.807) is 7.11 Å². The minimum absolute atomic E-state index is 0.165. The first-order chi connectivity index (χ1) is 20.1. The van der Waals surface area contributed by atoms with Gasteiger partial charge in [0.1, 0.15) is 17.5 Å². The average Bonchev–Trinajstić information content (AvgIpc) is 3.59. The smallest absolute Gasteiger partial charge is 0.254 e. The molecule has 0 aliphatic carbocycles. The summed E-state index contributed by atoms with van der Waals surface area (Å²) in [6.45, 7) is 6.47. The highest BCUT2D eigenvalue weighted by Gasteiger charge is 2.54. The van der Waals surface area contributed by atoms with Crippen LogP contribution in [-0.4, -0.2) is 55.9 Å². The summed E-state index contributed by atoms with van der Waals surface area (Å²) in [5.41, 5.74) is 4.86. The fourth-order valence-electron chi connectivity index (χ4n) is 6.21. The minimum Gasteiger partial charge on any atom is -0.495 e. The number of nitrogens with one attached hydrogen (secondary N) is 2. The van der Waals surface area contributed by atoms with E-state index in [1.807, 2.05) is 48.5 Å². The van der Waals surface area contributed by atoms with Gasteiger partial charge in [0, 0.05) is 25.3 Å². The zero-order valence-electron chi connectivity index (χ0n) is 23.6. The number of amides is 1. The van der Waals surface area contributed by atoms with Gasteiger partial charge in [-0.3, -0.25) is 9.69 Å². The summed E-state index contributed by atoms with van der Waals surface area (Å²) in [5, 5.41) is 6.83. The van der Waals surface area contributed by atoms with Gasteiger partial charge in [-0.15, -0.1) is 0 Å². The van der Waals surface area contributed by atoms with E-state index in [2.05, 4.69) is 64.9 Å². The number of para-hydroxylation sites is 3. The molecule has 1 saturated heterocycles. The zero-order valence-corrected chi connectivity index (χ0v) is 23.6. The maximum absolute atomic E-state index is 13.8. The largest absolute Gasteiger partial charge is 0.495 e. The van der Waals surface area contributed by atoms with Gasteiger partial charge in [0.2, 0.25) is 0 Å². The number of rotatable bonds is 10. The highest BCUT2D eigenvalue weighted by atomic mass is 16.5. The molecule has 7 heteroatoms. The van der Waals surface area contributed by atoms with Gasteiger partial charge in [0.25, 0.3) is 5.91 Å². The Morgan fingerprint density at radius 1 is 1.02 bits per heavy atom. The van der Waals surface area contributed by atoms with Gasteiger partial charge in [0.15, 0.2) is 0 Å². The lowest BCUT2D eigenvalue weighted by Crippen LogP contribution is -2.40. The molecule has 0 radical (unpaired) electrons. The lowest BCUT2D eigenvalue weighted by molar-refractivity contribution is -0.113. The second kappa shape index (κ2) is 11.9. The van der Waals surface area contributed by atoms with E-state index in [-0.39, 0.29) is 11.9 Å². The van der Waals surface area contributed by atoms with Crippen molar-refractivity contribution in [2.24, 2.45) is 0 Å². The summed E-state index contributed by atoms with van der Waals surface area (Å²) in [7, 11) is 1.60. The first kappa shape index (κ1) is 27.3. The Labute approximate surface area is 241 Å². The number of morpholine rings is 1. The Morgan fingerprint density at radius 2 is 1.76 bits per heavy atom. The predicted octanol–water partition coefficient (Wildman–Crippen LogP) is 5.73. The van der Waals surface area contributed by atoms with Crippen LogP contribution in [0.3, 0.4) is 0 Å². The number of fused-ring (bicyclic) bond motifs is 2. The third-order valence-corrected chi connectivity index (χ3v) is 8.21. The van der Waals surface area contributed by atoms with E-state index < -0.39 is 11.7 Å². The van der Waals surface area contributed by atoms with Crippen LogP contribution in [-0.2, 0) is 20.8 Å². The van der Waals surface area contributed by atoms with Crippen LogP contribution in [0.1, 0.15) is 30.5 Å². The Bertz CT molecular complexity index is 1430. The van der Waals surface area contributed by atoms with Crippen molar-refractivity contribution in [1.29, 1.82) is 0 Å². The van der Waals surface area contributed by atoms with Crippen molar-refractivity contribution in [2.75, 3.05) is 44.0 Å². The van der Waals surface area contributed by atoms with Crippen LogP contribution >= 0.6 is 0 Å². The van der Waals surface area contributed by atoms with Crippen molar-refractivity contribution in [1.82, 2.24) is 4.90 Å². The molecular formula is C34H37N3O4. The summed E-state index contributed by atoms with van der Waals surface area (Å²) < 4.78 is 17.7. The number of nitrogens with zero attached hydrogens (tertiary/aromatic N) is 1. The van der Waals surface area contributed by atoms with Gasteiger partial charge in [0.05, 0.1) is 37.6 Å². The quantitative estimate of drug-likeness (QED) is 0.314. The van der Waals surface area contributed by atoms with Crippen LogP contribution in [0, 0.1) is 0 Å². The number of benzene rings is 3. The number of ether oxygens (including phenoxy) is 3. The molecule has 3 aliphatic rings. The molecule has 2 N–H and O–H groups in total. The van der Waals surface area contributed by atoms with Crippen LogP contribution in [0.25, 0.3) is 0 Å². The first-order valence-electron chi connectivity index (χ1n) is 14.4. The Kier molecular flexibility index (Phi) is 7.92. The van der Waals surface area contributed by atoms with E-state index in [1.165, 1.54) is 5.56 Å². The molecule has 1 amide bonds. The van der Waals surface area contributed by atoms with E-state index in [0.717, 1.165) is 49.7 Å². The molecule has 0 spiro atoms. The van der Waals surface area contributed by atoms with Gasteiger partial charge in [-0.05, 0) is 53.5 Å². The van der Waals surface area contributed by atoms with Crippen LogP contribution in [0.2, 0.25) is 0 Å². The number of methoxy groups -OCH3 is 1. The van der Waals surface area contributed by atoms with Crippen molar-refractivity contribution < 1.29 is 19.0 Å². The summed E-state index contributed by atoms with van der Waals surface area (Å²) in [6.07, 6.45) is 4.42. The molecule has 1 fully saturated rings. The third-order valence-electron chi connectivity index (χ3n) is 8.21. The van der Waals surface area contributed by atoms with E-state index >= 15 is 0 Å². The second-order valence-corrected chi connectivity index (χ2v) is 10.7. The molecule has 3 aromatic rings. The Morgan fingerprint density at radius 3 is 2.49 bits per heavy atom. The highest BCUT2D eigenvalue weighted by Crippen LogP contribution is 2.52. The van der Waals surface area contributed by atoms with E-state index in [9.17, 15) is 4.79 Å². The fraction of sp³-hybridized carbons (Fsp3) is 0.324. The molecule has 0 saturated carbocycles. The maximum Gasteiger partial charge on any atom is 0.254 e. The van der Waals surface area contributed by atoms with Gasteiger partial charge < -0.3 is 24.8 Å². The lowest BCUT2D eigenvalue weighted by atomic mass is 9.77. The Balaban J connectivity index is 1.34. The van der Waals surface area contributed by atoms with Gasteiger partial charge >= 0.3 is 0 Å². The van der Waals surface area contributed by atoms with Crippen LogP contribution in [0.15, 0.2) is 102 Å². The van der Waals surface area contributed by atoms with Crippen molar-refractivity contribution in [3.05, 3.63) is 113 Å². The highest BCUT2D eigenvalue weighted by molar-refractivity contribution is 6.07. The number of anilines is 2. The molecule has 0 aromatic heterocycles. The predicted molar refractivity (Wildman–Crippen MR) is 161 cm³/mol. The van der Waals surface area contributed by atoms with Crippen LogP contribution in [0.5, 0.6) is 5.75 Å². The summed E-state index contributed by atoms with van der Waals surface area (Å²) in [6, 6.07) is 26.2. The van der Waals surface area contributed by atoms with Gasteiger partial charge in [-0.1, -0.05) is 67.6 Å². The minimum atomic E-state index is -0.797. The molecule has 2 bridgehead atoms. The molecule has 212 valence electrons. The summed E-state index contributed by atoms with van der Waals surface area (Å²) in [5.74, 6) is 0.455. The second-order valence-electron chi connectivity index (χ2n) is 10.7.